The minimum atomic E-state index is -6.33. The molecular formula is C21H13F6NO8S. The van der Waals surface area contributed by atoms with E-state index >= 15 is 0 Å². The number of amides is 2. The highest BCUT2D eigenvalue weighted by Crippen LogP contribution is 2.34. The molecule has 2 aromatic rings. The van der Waals surface area contributed by atoms with Gasteiger partial charge >= 0.3 is 27.8 Å². The van der Waals surface area contributed by atoms with Crippen molar-refractivity contribution in [2.24, 2.45) is 0 Å². The maximum Gasteiger partial charge on any atom is 0.525 e. The van der Waals surface area contributed by atoms with Crippen molar-refractivity contribution < 1.29 is 62.9 Å². The van der Waals surface area contributed by atoms with E-state index in [0.29, 0.717) is 6.92 Å². The van der Waals surface area contributed by atoms with Gasteiger partial charge in [-0.1, -0.05) is 24.0 Å². The summed E-state index contributed by atoms with van der Waals surface area (Å²) in [6.45, 7) is -0.822. The highest BCUT2D eigenvalue weighted by molar-refractivity contribution is 7.87. The van der Waals surface area contributed by atoms with Crippen LogP contribution in [0.1, 0.15) is 33.2 Å². The van der Waals surface area contributed by atoms with E-state index in [4.69, 9.17) is 0 Å². The second-order valence-corrected chi connectivity index (χ2v) is 8.75. The summed E-state index contributed by atoms with van der Waals surface area (Å²) in [5, 5.41) is -0.372. The largest absolute Gasteiger partial charge is 0.525 e. The fraction of sp³-hybridized carbons (Fsp3) is 0.286. The van der Waals surface area contributed by atoms with E-state index in [0.717, 1.165) is 12.1 Å². The molecule has 1 unspecified atom stereocenters. The standard InChI is InChI=1S/C21H13F6NO8S/c1-11(20(22,23)24)35-10-16(29)34-9-3-4-12-7-8-15-17-13(12)5-2-6-14(17)18(30)28(19(15)31)36-37(32,33)21(25,26)27/h2,5-8,11H,9-10H2,1H3. The summed E-state index contributed by atoms with van der Waals surface area (Å²) in [5.41, 5.74) is -6.42. The number of imide groups is 1. The fourth-order valence-electron chi connectivity index (χ4n) is 2.97. The first-order valence-electron chi connectivity index (χ1n) is 9.83. The van der Waals surface area contributed by atoms with Gasteiger partial charge in [0.05, 0.1) is 11.1 Å². The molecule has 198 valence electrons. The lowest BCUT2D eigenvalue weighted by Gasteiger charge is -2.25. The van der Waals surface area contributed by atoms with E-state index in [9.17, 15) is 49.1 Å². The molecule has 1 aliphatic heterocycles. The highest BCUT2D eigenvalue weighted by atomic mass is 32.2. The minimum Gasteiger partial charge on any atom is -0.451 e. The van der Waals surface area contributed by atoms with E-state index in [-0.39, 0.29) is 27.5 Å². The monoisotopic (exact) mass is 553 g/mol. The molecule has 16 heteroatoms. The van der Waals surface area contributed by atoms with E-state index in [1.165, 1.54) is 18.2 Å². The van der Waals surface area contributed by atoms with Crippen molar-refractivity contribution in [2.45, 2.75) is 24.7 Å². The molecule has 2 aromatic carbocycles. The molecule has 9 nitrogen and oxygen atoms in total. The van der Waals surface area contributed by atoms with Crippen LogP contribution in [-0.2, 0) is 28.7 Å². The molecule has 37 heavy (non-hydrogen) atoms. The van der Waals surface area contributed by atoms with Crippen LogP contribution in [0.25, 0.3) is 10.8 Å². The average Bonchev–Trinajstić information content (AvgIpc) is 2.80. The number of halogens is 6. The number of ether oxygens (including phenoxy) is 2. The van der Waals surface area contributed by atoms with E-state index < -0.39 is 64.0 Å². The Morgan fingerprint density at radius 3 is 2.24 bits per heavy atom. The third kappa shape index (κ3) is 5.84. The molecule has 3 rings (SSSR count). The molecule has 2 amide bonds. The lowest BCUT2D eigenvalue weighted by Crippen LogP contribution is -2.44. The zero-order valence-corrected chi connectivity index (χ0v) is 19.1. The molecule has 0 bridgehead atoms. The second-order valence-electron chi connectivity index (χ2n) is 7.23. The molecule has 0 aromatic heterocycles. The molecule has 0 spiro atoms. The number of benzene rings is 2. The fourth-order valence-corrected chi connectivity index (χ4v) is 3.38. The van der Waals surface area contributed by atoms with Crippen LogP contribution in [0.2, 0.25) is 0 Å². The number of hydroxylamine groups is 2. The Kier molecular flexibility index (Phi) is 7.54. The predicted octanol–water partition coefficient (Wildman–Crippen LogP) is 3.08. The Morgan fingerprint density at radius 1 is 1.03 bits per heavy atom. The maximum atomic E-state index is 12.7. The number of hydrogen-bond acceptors (Lipinski definition) is 8. The Hall–Kier alpha value is -3.68. The number of carbonyl (C=O) groups is 3. The predicted molar refractivity (Wildman–Crippen MR) is 110 cm³/mol. The Balaban J connectivity index is 1.80. The van der Waals surface area contributed by atoms with Gasteiger partial charge in [0.1, 0.15) is 6.61 Å². The van der Waals surface area contributed by atoms with Crippen LogP contribution in [-0.4, -0.2) is 62.3 Å². The normalized spacial score (nSPS) is 14.8. The number of nitrogens with zero attached hydrogens (tertiary/aromatic N) is 1. The van der Waals surface area contributed by atoms with Crippen LogP contribution in [0.4, 0.5) is 26.3 Å². The molecule has 1 atom stereocenters. The topological polar surface area (TPSA) is 116 Å². The molecule has 1 aliphatic rings. The zero-order chi connectivity index (χ0) is 27.8. The quantitative estimate of drug-likeness (QED) is 0.176. The van der Waals surface area contributed by atoms with Gasteiger partial charge in [-0.15, -0.1) is 9.35 Å². The van der Waals surface area contributed by atoms with Crippen molar-refractivity contribution in [3.8, 4) is 11.8 Å². The van der Waals surface area contributed by atoms with Crippen LogP contribution >= 0.6 is 0 Å². The van der Waals surface area contributed by atoms with Crippen molar-refractivity contribution in [2.75, 3.05) is 13.2 Å². The Morgan fingerprint density at radius 2 is 1.65 bits per heavy atom. The molecule has 0 saturated carbocycles. The van der Waals surface area contributed by atoms with Gasteiger partial charge in [0.25, 0.3) is 11.8 Å². The summed E-state index contributed by atoms with van der Waals surface area (Å²) in [5.74, 6) is 0.933. The highest BCUT2D eigenvalue weighted by Gasteiger charge is 2.51. The smallest absolute Gasteiger partial charge is 0.451 e. The zero-order valence-electron chi connectivity index (χ0n) is 18.3. The van der Waals surface area contributed by atoms with Crippen LogP contribution < -0.4 is 0 Å². The van der Waals surface area contributed by atoms with Crippen molar-refractivity contribution >= 4 is 38.7 Å². The Bertz CT molecular complexity index is 1420. The number of rotatable bonds is 6. The van der Waals surface area contributed by atoms with Gasteiger partial charge in [-0.3, -0.25) is 9.59 Å². The van der Waals surface area contributed by atoms with Crippen LogP contribution in [0.3, 0.4) is 0 Å². The van der Waals surface area contributed by atoms with Crippen molar-refractivity contribution in [3.05, 3.63) is 47.0 Å². The van der Waals surface area contributed by atoms with Crippen LogP contribution in [0.15, 0.2) is 30.3 Å². The molecule has 1 heterocycles. The van der Waals surface area contributed by atoms with Crippen LogP contribution in [0, 0.1) is 11.8 Å². The van der Waals surface area contributed by atoms with Gasteiger partial charge in [0, 0.05) is 10.9 Å². The van der Waals surface area contributed by atoms with Gasteiger partial charge in [-0.25, -0.2) is 4.79 Å². The van der Waals surface area contributed by atoms with Gasteiger partial charge in [0.2, 0.25) is 0 Å². The molecule has 0 aliphatic carbocycles. The maximum absolute atomic E-state index is 12.7. The summed E-state index contributed by atoms with van der Waals surface area (Å²) in [6, 6.07) is 6.12. The van der Waals surface area contributed by atoms with Crippen molar-refractivity contribution in [1.82, 2.24) is 5.06 Å². The number of hydrogen-bond donors (Lipinski definition) is 0. The Labute approximate surface area is 203 Å². The molecule has 0 radical (unpaired) electrons. The third-order valence-corrected chi connectivity index (χ3v) is 5.68. The summed E-state index contributed by atoms with van der Waals surface area (Å²) >= 11 is 0. The number of esters is 1. The van der Waals surface area contributed by atoms with E-state index in [2.05, 4.69) is 25.6 Å². The second kappa shape index (κ2) is 10.00. The minimum absolute atomic E-state index is 0.0416. The van der Waals surface area contributed by atoms with Gasteiger partial charge in [0.15, 0.2) is 12.7 Å². The van der Waals surface area contributed by atoms with Crippen molar-refractivity contribution in [3.63, 3.8) is 0 Å². The van der Waals surface area contributed by atoms with Crippen LogP contribution in [0.5, 0.6) is 0 Å². The lowest BCUT2D eigenvalue weighted by molar-refractivity contribution is -0.216. The lowest BCUT2D eigenvalue weighted by atomic mass is 9.92. The summed E-state index contributed by atoms with van der Waals surface area (Å²) < 4.78 is 111. The molecule has 0 saturated heterocycles. The van der Waals surface area contributed by atoms with Gasteiger partial charge in [-0.2, -0.15) is 34.8 Å². The SMILES string of the molecule is CC(OCC(=O)OCC#Cc1ccc2c3c(cccc13)C(=O)N(OS(=O)(=O)C(F)(F)F)C2=O)C(F)(F)F. The summed E-state index contributed by atoms with van der Waals surface area (Å²) in [6.07, 6.45) is -6.85. The number of carbonyl (C=O) groups excluding carboxylic acids is 3. The first-order valence-corrected chi connectivity index (χ1v) is 11.2. The first kappa shape index (κ1) is 27.9. The number of alkyl halides is 6. The average molecular weight is 553 g/mol. The molecule has 0 N–H and O–H groups in total. The van der Waals surface area contributed by atoms with Gasteiger partial charge in [-0.05, 0) is 30.5 Å². The summed E-state index contributed by atoms with van der Waals surface area (Å²) in [4.78, 5) is 36.7. The third-order valence-electron chi connectivity index (χ3n) is 4.77. The molecular weight excluding hydrogens is 540 g/mol. The van der Waals surface area contributed by atoms with Crippen molar-refractivity contribution in [1.29, 1.82) is 0 Å². The molecule has 0 fully saturated rings. The summed E-state index contributed by atoms with van der Waals surface area (Å²) in [7, 11) is -6.33. The van der Waals surface area contributed by atoms with Gasteiger partial charge < -0.3 is 9.47 Å². The van der Waals surface area contributed by atoms with E-state index in [1.54, 1.807) is 0 Å². The first-order chi connectivity index (χ1) is 17.0. The van der Waals surface area contributed by atoms with E-state index in [1.807, 2.05) is 0 Å².